The van der Waals surface area contributed by atoms with Crippen LogP contribution in [0, 0.1) is 11.6 Å². The summed E-state index contributed by atoms with van der Waals surface area (Å²) >= 11 is 0. The molecule has 6 heteroatoms. The zero-order valence-corrected chi connectivity index (χ0v) is 15.9. The summed E-state index contributed by atoms with van der Waals surface area (Å²) < 4.78 is 26.5. The lowest BCUT2D eigenvalue weighted by Gasteiger charge is -2.29. The molecule has 1 amide bonds. The molecule has 0 aromatic heterocycles. The van der Waals surface area contributed by atoms with E-state index in [-0.39, 0.29) is 18.0 Å². The van der Waals surface area contributed by atoms with Crippen LogP contribution in [0.2, 0.25) is 0 Å². The number of hydrogen-bond donors (Lipinski definition) is 2. The van der Waals surface area contributed by atoms with Crippen LogP contribution in [0.4, 0.5) is 8.78 Å². The van der Waals surface area contributed by atoms with Crippen LogP contribution in [0.25, 0.3) is 0 Å². The summed E-state index contributed by atoms with van der Waals surface area (Å²) in [5.74, 6) is -1.64. The van der Waals surface area contributed by atoms with Crippen molar-refractivity contribution >= 4 is 5.91 Å². The Kier molecular flexibility index (Phi) is 5.42. The SMILES string of the molecule is CNC(=O)[C@@H]1C[C@@H](NCc2ccc(F)c(F)c2)CN1C1Cc2ccccc2C1. The Hall–Kier alpha value is -2.31. The molecule has 2 N–H and O–H groups in total. The molecule has 1 aliphatic carbocycles. The molecule has 0 bridgehead atoms. The highest BCUT2D eigenvalue weighted by molar-refractivity contribution is 5.82. The third kappa shape index (κ3) is 3.80. The van der Waals surface area contributed by atoms with E-state index < -0.39 is 11.6 Å². The fraction of sp³-hybridized carbons (Fsp3) is 0.409. The van der Waals surface area contributed by atoms with Crippen LogP contribution < -0.4 is 10.6 Å². The molecule has 1 fully saturated rings. The average molecular weight is 385 g/mol. The van der Waals surface area contributed by atoms with E-state index in [1.165, 1.54) is 17.2 Å². The number of likely N-dealkylation sites (N-methyl/N-ethyl adjacent to an activating group) is 1. The predicted octanol–water partition coefficient (Wildman–Crippen LogP) is 2.41. The third-order valence-corrected chi connectivity index (χ3v) is 5.97. The molecule has 2 aromatic rings. The molecule has 1 heterocycles. The van der Waals surface area contributed by atoms with Gasteiger partial charge in [-0.15, -0.1) is 0 Å². The van der Waals surface area contributed by atoms with Gasteiger partial charge in [0.15, 0.2) is 11.6 Å². The molecular weight excluding hydrogens is 360 g/mol. The average Bonchev–Trinajstić information content (AvgIpc) is 3.32. The summed E-state index contributed by atoms with van der Waals surface area (Å²) in [7, 11) is 1.67. The predicted molar refractivity (Wildman–Crippen MR) is 104 cm³/mol. The van der Waals surface area contributed by atoms with Crippen molar-refractivity contribution in [2.24, 2.45) is 0 Å². The molecule has 2 atom stereocenters. The van der Waals surface area contributed by atoms with Gasteiger partial charge in [-0.25, -0.2) is 8.78 Å². The Bertz CT molecular complexity index is 848. The number of likely N-dealkylation sites (tertiary alicyclic amines) is 1. The molecule has 4 rings (SSSR count). The Labute approximate surface area is 163 Å². The monoisotopic (exact) mass is 385 g/mol. The number of rotatable bonds is 5. The van der Waals surface area contributed by atoms with Gasteiger partial charge < -0.3 is 10.6 Å². The van der Waals surface area contributed by atoms with Crippen molar-refractivity contribution in [1.29, 1.82) is 0 Å². The zero-order valence-electron chi connectivity index (χ0n) is 15.9. The summed E-state index contributed by atoms with van der Waals surface area (Å²) in [4.78, 5) is 14.8. The van der Waals surface area contributed by atoms with Crippen molar-refractivity contribution in [2.75, 3.05) is 13.6 Å². The van der Waals surface area contributed by atoms with E-state index in [9.17, 15) is 13.6 Å². The van der Waals surface area contributed by atoms with E-state index in [0.29, 0.717) is 24.6 Å². The molecule has 2 aliphatic rings. The van der Waals surface area contributed by atoms with Gasteiger partial charge in [0.1, 0.15) is 0 Å². The summed E-state index contributed by atoms with van der Waals surface area (Å²) in [5, 5.41) is 6.21. The number of fused-ring (bicyclic) bond motifs is 1. The van der Waals surface area contributed by atoms with Crippen LogP contribution in [0.1, 0.15) is 23.1 Å². The maximum Gasteiger partial charge on any atom is 0.237 e. The topological polar surface area (TPSA) is 44.4 Å². The highest BCUT2D eigenvalue weighted by Gasteiger charge is 2.41. The second-order valence-electron chi connectivity index (χ2n) is 7.72. The second-order valence-corrected chi connectivity index (χ2v) is 7.72. The molecule has 0 unspecified atom stereocenters. The highest BCUT2D eigenvalue weighted by Crippen LogP contribution is 2.31. The number of halogens is 2. The van der Waals surface area contributed by atoms with E-state index in [0.717, 1.165) is 25.5 Å². The van der Waals surface area contributed by atoms with Gasteiger partial charge in [0, 0.05) is 32.2 Å². The molecule has 28 heavy (non-hydrogen) atoms. The van der Waals surface area contributed by atoms with Crippen molar-refractivity contribution in [3.8, 4) is 0 Å². The molecule has 0 radical (unpaired) electrons. The lowest BCUT2D eigenvalue weighted by Crippen LogP contribution is -2.47. The van der Waals surface area contributed by atoms with E-state index in [1.807, 2.05) is 0 Å². The van der Waals surface area contributed by atoms with Gasteiger partial charge in [-0.3, -0.25) is 9.69 Å². The van der Waals surface area contributed by atoms with Gasteiger partial charge in [-0.1, -0.05) is 30.3 Å². The minimum absolute atomic E-state index is 0.0353. The van der Waals surface area contributed by atoms with E-state index >= 15 is 0 Å². The first-order valence-electron chi connectivity index (χ1n) is 9.76. The molecular formula is C22H25F2N3O. The molecule has 1 saturated heterocycles. The quantitative estimate of drug-likeness (QED) is 0.831. The molecule has 148 valence electrons. The molecule has 4 nitrogen and oxygen atoms in total. The molecule has 0 spiro atoms. The van der Waals surface area contributed by atoms with Gasteiger partial charge in [0.25, 0.3) is 0 Å². The minimum atomic E-state index is -0.837. The van der Waals surface area contributed by atoms with Crippen LogP contribution in [0.3, 0.4) is 0 Å². The van der Waals surface area contributed by atoms with Crippen LogP contribution in [-0.2, 0) is 24.2 Å². The second kappa shape index (κ2) is 7.97. The Morgan fingerprint density at radius 3 is 2.46 bits per heavy atom. The van der Waals surface area contributed by atoms with E-state index in [4.69, 9.17) is 0 Å². The fourth-order valence-corrected chi connectivity index (χ4v) is 4.52. The largest absolute Gasteiger partial charge is 0.358 e. The minimum Gasteiger partial charge on any atom is -0.358 e. The van der Waals surface area contributed by atoms with Crippen LogP contribution in [0.15, 0.2) is 42.5 Å². The standard InChI is InChI=1S/C22H25F2N3O/c1-25-22(28)21-11-17(26-12-14-6-7-19(23)20(24)8-14)13-27(21)18-9-15-4-2-3-5-16(15)10-18/h2-8,17-18,21,26H,9-13H2,1H3,(H,25,28)/t17-,21+/m1/s1. The number of nitrogens with one attached hydrogen (secondary N) is 2. The van der Waals surface area contributed by atoms with Crippen molar-refractivity contribution in [3.05, 3.63) is 70.8 Å². The maximum atomic E-state index is 13.4. The summed E-state index contributed by atoms with van der Waals surface area (Å²) in [6.45, 7) is 1.21. The van der Waals surface area contributed by atoms with Gasteiger partial charge in [-0.05, 0) is 48.1 Å². The lowest BCUT2D eigenvalue weighted by atomic mass is 10.1. The van der Waals surface area contributed by atoms with Crippen molar-refractivity contribution in [1.82, 2.24) is 15.5 Å². The van der Waals surface area contributed by atoms with Crippen LogP contribution in [-0.4, -0.2) is 42.5 Å². The number of amides is 1. The number of benzene rings is 2. The molecule has 1 aliphatic heterocycles. The Balaban J connectivity index is 1.43. The summed E-state index contributed by atoms with van der Waals surface area (Å²) in [6.07, 6.45) is 2.62. The van der Waals surface area contributed by atoms with E-state index in [2.05, 4.69) is 39.8 Å². The van der Waals surface area contributed by atoms with Crippen LogP contribution >= 0.6 is 0 Å². The molecule has 0 saturated carbocycles. The Morgan fingerprint density at radius 2 is 1.82 bits per heavy atom. The van der Waals surface area contributed by atoms with E-state index in [1.54, 1.807) is 13.1 Å². The number of nitrogens with zero attached hydrogens (tertiary/aromatic N) is 1. The first-order valence-corrected chi connectivity index (χ1v) is 9.76. The smallest absolute Gasteiger partial charge is 0.237 e. The Morgan fingerprint density at radius 1 is 1.11 bits per heavy atom. The summed E-state index contributed by atoms with van der Waals surface area (Å²) in [5.41, 5.74) is 3.42. The zero-order chi connectivity index (χ0) is 19.7. The van der Waals surface area contributed by atoms with Crippen molar-refractivity contribution in [3.63, 3.8) is 0 Å². The number of carbonyl (C=O) groups excluding carboxylic acids is 1. The highest BCUT2D eigenvalue weighted by atomic mass is 19.2. The van der Waals surface area contributed by atoms with Gasteiger partial charge in [0.05, 0.1) is 6.04 Å². The first kappa shape index (κ1) is 19.0. The van der Waals surface area contributed by atoms with Gasteiger partial charge in [0.2, 0.25) is 5.91 Å². The van der Waals surface area contributed by atoms with Crippen molar-refractivity contribution < 1.29 is 13.6 Å². The number of hydrogen-bond acceptors (Lipinski definition) is 3. The normalized spacial score (nSPS) is 22.4. The third-order valence-electron chi connectivity index (χ3n) is 5.97. The summed E-state index contributed by atoms with van der Waals surface area (Å²) in [6, 6.07) is 12.7. The first-order chi connectivity index (χ1) is 13.5. The number of carbonyl (C=O) groups is 1. The maximum absolute atomic E-state index is 13.4. The molecule has 2 aromatic carbocycles. The fourth-order valence-electron chi connectivity index (χ4n) is 4.52. The van der Waals surface area contributed by atoms with Crippen LogP contribution in [0.5, 0.6) is 0 Å². The van der Waals surface area contributed by atoms with Crippen molar-refractivity contribution in [2.45, 2.75) is 43.9 Å². The lowest BCUT2D eigenvalue weighted by molar-refractivity contribution is -0.125. The van der Waals surface area contributed by atoms with Gasteiger partial charge >= 0.3 is 0 Å². The van der Waals surface area contributed by atoms with Gasteiger partial charge in [-0.2, -0.15) is 0 Å².